The van der Waals surface area contributed by atoms with E-state index in [-0.39, 0.29) is 6.61 Å². The number of ether oxygens (including phenoxy) is 1. The van der Waals surface area contributed by atoms with Crippen molar-refractivity contribution in [2.24, 2.45) is 0 Å². The normalized spacial score (nSPS) is 9.84. The lowest BCUT2D eigenvalue weighted by Gasteiger charge is -2.12. The maximum atomic E-state index is 11.3. The molecule has 0 heterocycles. The molecular weight excluding hydrogens is 244 g/mol. The largest absolute Gasteiger partial charge is 0.459 e. The fourth-order valence-corrected chi connectivity index (χ4v) is 1.55. The van der Waals surface area contributed by atoms with Gasteiger partial charge in [-0.1, -0.05) is 12.1 Å². The third-order valence-electron chi connectivity index (χ3n) is 2.61. The molecule has 0 unspecified atom stereocenters. The summed E-state index contributed by atoms with van der Waals surface area (Å²) < 4.78 is 4.59. The van der Waals surface area contributed by atoms with Crippen LogP contribution in [0.25, 0.3) is 0 Å². The molecule has 0 spiro atoms. The molecule has 19 heavy (non-hydrogen) atoms. The van der Waals surface area contributed by atoms with Crippen LogP contribution in [0, 0.1) is 0 Å². The average molecular weight is 264 g/mol. The predicted octanol–water partition coefficient (Wildman–Crippen LogP) is 0.974. The Morgan fingerprint density at radius 3 is 2.37 bits per heavy atom. The van der Waals surface area contributed by atoms with E-state index < -0.39 is 11.9 Å². The molecule has 0 saturated heterocycles. The standard InChI is InChI=1S/C14H20N2O3/c1-4-19-14(18)13(17)15-10-9-11-5-7-12(8-6-11)16(2)3/h5-8H,4,9-10H2,1-3H3,(H,15,17). The zero-order chi connectivity index (χ0) is 14.3. The Morgan fingerprint density at radius 2 is 1.84 bits per heavy atom. The monoisotopic (exact) mass is 264 g/mol. The Labute approximate surface area is 113 Å². The molecule has 1 N–H and O–H groups in total. The van der Waals surface area contributed by atoms with Crippen molar-refractivity contribution in [1.29, 1.82) is 0 Å². The molecule has 1 aromatic carbocycles. The number of rotatable bonds is 5. The van der Waals surface area contributed by atoms with E-state index in [4.69, 9.17) is 0 Å². The predicted molar refractivity (Wildman–Crippen MR) is 74.1 cm³/mol. The minimum absolute atomic E-state index is 0.207. The van der Waals surface area contributed by atoms with Gasteiger partial charge in [-0.3, -0.25) is 4.79 Å². The number of nitrogens with one attached hydrogen (secondary N) is 1. The maximum absolute atomic E-state index is 11.3. The van der Waals surface area contributed by atoms with Gasteiger partial charge in [-0.25, -0.2) is 4.79 Å². The number of hydrogen-bond acceptors (Lipinski definition) is 4. The smallest absolute Gasteiger partial charge is 0.396 e. The summed E-state index contributed by atoms with van der Waals surface area (Å²) in [6, 6.07) is 8.04. The lowest BCUT2D eigenvalue weighted by Crippen LogP contribution is -2.33. The number of carbonyl (C=O) groups excluding carboxylic acids is 2. The molecule has 5 heteroatoms. The Kier molecular flexibility index (Phi) is 5.85. The molecule has 1 amide bonds. The van der Waals surface area contributed by atoms with Gasteiger partial charge in [0, 0.05) is 26.3 Å². The zero-order valence-corrected chi connectivity index (χ0v) is 11.6. The molecule has 0 aromatic heterocycles. The van der Waals surface area contributed by atoms with Crippen molar-refractivity contribution in [1.82, 2.24) is 5.32 Å². The summed E-state index contributed by atoms with van der Waals surface area (Å²) in [7, 11) is 3.96. The number of anilines is 1. The van der Waals surface area contributed by atoms with E-state index in [2.05, 4.69) is 10.1 Å². The Balaban J connectivity index is 2.37. The van der Waals surface area contributed by atoms with Crippen molar-refractivity contribution >= 4 is 17.6 Å². The summed E-state index contributed by atoms with van der Waals surface area (Å²) in [6.45, 7) is 2.29. The van der Waals surface area contributed by atoms with Gasteiger partial charge in [0.1, 0.15) is 0 Å². The number of amides is 1. The van der Waals surface area contributed by atoms with Gasteiger partial charge in [-0.2, -0.15) is 0 Å². The van der Waals surface area contributed by atoms with Gasteiger partial charge in [-0.15, -0.1) is 0 Å². The zero-order valence-electron chi connectivity index (χ0n) is 11.6. The van der Waals surface area contributed by atoms with Crippen LogP contribution >= 0.6 is 0 Å². The van der Waals surface area contributed by atoms with E-state index >= 15 is 0 Å². The van der Waals surface area contributed by atoms with Crippen LogP contribution in [0.1, 0.15) is 12.5 Å². The first kappa shape index (κ1) is 15.0. The topological polar surface area (TPSA) is 58.6 Å². The van der Waals surface area contributed by atoms with Crippen LogP contribution in [0.4, 0.5) is 5.69 Å². The number of hydrogen-bond donors (Lipinski definition) is 1. The third kappa shape index (κ3) is 4.99. The molecular formula is C14H20N2O3. The van der Waals surface area contributed by atoms with Crippen LogP contribution in [0.5, 0.6) is 0 Å². The van der Waals surface area contributed by atoms with Crippen molar-refractivity contribution in [3.63, 3.8) is 0 Å². The maximum Gasteiger partial charge on any atom is 0.396 e. The van der Waals surface area contributed by atoms with Crippen LogP contribution in [0.15, 0.2) is 24.3 Å². The van der Waals surface area contributed by atoms with Crippen molar-refractivity contribution in [3.05, 3.63) is 29.8 Å². The van der Waals surface area contributed by atoms with Gasteiger partial charge >= 0.3 is 11.9 Å². The summed E-state index contributed by atoms with van der Waals surface area (Å²) in [5.74, 6) is -1.52. The van der Waals surface area contributed by atoms with Gasteiger partial charge in [0.05, 0.1) is 6.61 Å². The van der Waals surface area contributed by atoms with E-state index in [9.17, 15) is 9.59 Å². The molecule has 0 radical (unpaired) electrons. The van der Waals surface area contributed by atoms with Crippen LogP contribution < -0.4 is 10.2 Å². The van der Waals surface area contributed by atoms with Crippen LogP contribution in [0.2, 0.25) is 0 Å². The van der Waals surface area contributed by atoms with Gasteiger partial charge in [0.25, 0.3) is 0 Å². The highest BCUT2D eigenvalue weighted by molar-refractivity contribution is 6.32. The van der Waals surface area contributed by atoms with Crippen molar-refractivity contribution < 1.29 is 14.3 Å². The van der Waals surface area contributed by atoms with Crippen molar-refractivity contribution in [2.45, 2.75) is 13.3 Å². The highest BCUT2D eigenvalue weighted by atomic mass is 16.5. The van der Waals surface area contributed by atoms with Crippen LogP contribution in [-0.4, -0.2) is 39.1 Å². The fourth-order valence-electron chi connectivity index (χ4n) is 1.55. The average Bonchev–Trinajstić information content (AvgIpc) is 2.39. The summed E-state index contributed by atoms with van der Waals surface area (Å²) in [6.07, 6.45) is 0.679. The molecule has 5 nitrogen and oxygen atoms in total. The second kappa shape index (κ2) is 7.41. The summed E-state index contributed by atoms with van der Waals surface area (Å²) >= 11 is 0. The Bertz CT molecular complexity index is 427. The molecule has 0 aliphatic carbocycles. The van der Waals surface area contributed by atoms with E-state index in [1.54, 1.807) is 6.92 Å². The molecule has 1 aromatic rings. The van der Waals surface area contributed by atoms with Gasteiger partial charge in [0.15, 0.2) is 0 Å². The summed E-state index contributed by atoms with van der Waals surface area (Å²) in [5.41, 5.74) is 2.23. The number of benzene rings is 1. The first-order valence-corrected chi connectivity index (χ1v) is 6.25. The fraction of sp³-hybridized carbons (Fsp3) is 0.429. The number of carbonyl (C=O) groups is 2. The van der Waals surface area contributed by atoms with Gasteiger partial charge < -0.3 is 15.0 Å². The quantitative estimate of drug-likeness (QED) is 0.636. The van der Waals surface area contributed by atoms with E-state index in [0.29, 0.717) is 13.0 Å². The molecule has 1 rings (SSSR count). The molecule has 104 valence electrons. The second-order valence-corrected chi connectivity index (χ2v) is 4.29. The van der Waals surface area contributed by atoms with Gasteiger partial charge in [0.2, 0.25) is 0 Å². The molecule has 0 bridgehead atoms. The SMILES string of the molecule is CCOC(=O)C(=O)NCCc1ccc(N(C)C)cc1. The second-order valence-electron chi connectivity index (χ2n) is 4.29. The van der Waals surface area contributed by atoms with E-state index in [0.717, 1.165) is 11.3 Å². The highest BCUT2D eigenvalue weighted by Gasteiger charge is 2.13. The first-order chi connectivity index (χ1) is 9.04. The first-order valence-electron chi connectivity index (χ1n) is 6.25. The number of esters is 1. The highest BCUT2D eigenvalue weighted by Crippen LogP contribution is 2.12. The molecule has 0 atom stereocenters. The summed E-state index contributed by atoms with van der Waals surface area (Å²) in [5, 5.41) is 2.53. The molecule has 0 aliphatic rings. The minimum Gasteiger partial charge on any atom is -0.459 e. The minimum atomic E-state index is -0.828. The van der Waals surface area contributed by atoms with Crippen LogP contribution in [-0.2, 0) is 20.7 Å². The Hall–Kier alpha value is -2.04. The Morgan fingerprint density at radius 1 is 1.21 bits per heavy atom. The molecule has 0 fully saturated rings. The molecule has 0 saturated carbocycles. The van der Waals surface area contributed by atoms with Crippen molar-refractivity contribution in [2.75, 3.05) is 32.1 Å². The van der Waals surface area contributed by atoms with Crippen molar-refractivity contribution in [3.8, 4) is 0 Å². The third-order valence-corrected chi connectivity index (χ3v) is 2.61. The number of nitrogens with zero attached hydrogens (tertiary/aromatic N) is 1. The molecule has 0 aliphatic heterocycles. The van der Waals surface area contributed by atoms with Gasteiger partial charge in [-0.05, 0) is 31.0 Å². The lowest BCUT2D eigenvalue weighted by molar-refractivity contribution is -0.154. The van der Waals surface area contributed by atoms with Crippen LogP contribution in [0.3, 0.4) is 0 Å². The lowest BCUT2D eigenvalue weighted by atomic mass is 10.1. The summed E-state index contributed by atoms with van der Waals surface area (Å²) in [4.78, 5) is 24.4. The van der Waals surface area contributed by atoms with E-state index in [1.807, 2.05) is 43.3 Å². The van der Waals surface area contributed by atoms with E-state index in [1.165, 1.54) is 0 Å².